The largest absolute Gasteiger partial charge is 0.378 e. The molecule has 0 unspecified atom stereocenters. The van der Waals surface area contributed by atoms with Crippen LogP contribution in [0.5, 0.6) is 0 Å². The highest BCUT2D eigenvalue weighted by atomic mass is 35.5. The van der Waals surface area contributed by atoms with Gasteiger partial charge in [-0.15, -0.1) is 0 Å². The van der Waals surface area contributed by atoms with E-state index in [1.807, 2.05) is 6.07 Å². The molecule has 2 aliphatic heterocycles. The lowest BCUT2D eigenvalue weighted by molar-refractivity contribution is 0.102. The summed E-state index contributed by atoms with van der Waals surface area (Å²) in [4.78, 5) is 15.0. The quantitative estimate of drug-likeness (QED) is 0.798. The first-order chi connectivity index (χ1) is 14.0. The van der Waals surface area contributed by atoms with Gasteiger partial charge in [0, 0.05) is 25.2 Å². The number of carbonyl (C=O) groups excluding carboxylic acids is 1. The molecule has 2 fully saturated rings. The molecule has 0 atom stereocenters. The number of halogens is 1. The number of nitrogens with one attached hydrogen (secondary N) is 1. The van der Waals surface area contributed by atoms with Crippen molar-refractivity contribution in [2.24, 2.45) is 0 Å². The van der Waals surface area contributed by atoms with Gasteiger partial charge in [0.15, 0.2) is 0 Å². The van der Waals surface area contributed by atoms with Crippen molar-refractivity contribution in [1.29, 1.82) is 0 Å². The molecule has 2 heterocycles. The molecule has 0 radical (unpaired) electrons. The van der Waals surface area contributed by atoms with E-state index in [1.54, 1.807) is 36.4 Å². The van der Waals surface area contributed by atoms with Crippen LogP contribution in [0.2, 0.25) is 5.02 Å². The average molecular weight is 436 g/mol. The number of morpholine rings is 1. The van der Waals surface area contributed by atoms with Crippen LogP contribution in [0.15, 0.2) is 42.5 Å². The number of hydrogen-bond acceptors (Lipinski definition) is 5. The number of rotatable bonds is 4. The van der Waals surface area contributed by atoms with Crippen LogP contribution in [-0.4, -0.2) is 52.9 Å². The van der Waals surface area contributed by atoms with E-state index in [4.69, 9.17) is 16.3 Å². The third-order valence-electron chi connectivity index (χ3n) is 5.06. The maximum absolute atomic E-state index is 12.9. The van der Waals surface area contributed by atoms with E-state index in [0.717, 1.165) is 5.69 Å². The number of nitrogens with zero attached hydrogens (tertiary/aromatic N) is 2. The Kier molecular flexibility index (Phi) is 5.67. The lowest BCUT2D eigenvalue weighted by atomic mass is 10.1. The first-order valence-corrected chi connectivity index (χ1v) is 11.5. The fourth-order valence-electron chi connectivity index (χ4n) is 3.65. The lowest BCUT2D eigenvalue weighted by Crippen LogP contribution is -2.37. The summed E-state index contributed by atoms with van der Waals surface area (Å²) in [5.74, 6) is -0.185. The molecule has 2 saturated heterocycles. The molecule has 2 aromatic carbocycles. The molecule has 0 aliphatic carbocycles. The van der Waals surface area contributed by atoms with Crippen molar-refractivity contribution in [3.63, 3.8) is 0 Å². The number of benzene rings is 2. The molecular formula is C20H22ClN3O4S. The van der Waals surface area contributed by atoms with E-state index >= 15 is 0 Å². The number of sulfonamides is 1. The second-order valence-corrected chi connectivity index (χ2v) is 9.40. The predicted molar refractivity (Wildman–Crippen MR) is 115 cm³/mol. The number of amides is 1. The summed E-state index contributed by atoms with van der Waals surface area (Å²) < 4.78 is 31.1. The van der Waals surface area contributed by atoms with Gasteiger partial charge in [-0.2, -0.15) is 0 Å². The molecule has 4 rings (SSSR count). The normalized spacial score (nSPS) is 18.7. The molecule has 0 spiro atoms. The van der Waals surface area contributed by atoms with Crippen LogP contribution in [0.25, 0.3) is 0 Å². The zero-order valence-electron chi connectivity index (χ0n) is 15.8. The monoisotopic (exact) mass is 435 g/mol. The van der Waals surface area contributed by atoms with Crippen LogP contribution in [0.1, 0.15) is 16.8 Å². The summed E-state index contributed by atoms with van der Waals surface area (Å²) in [7, 11) is -3.30. The van der Waals surface area contributed by atoms with Gasteiger partial charge in [0.05, 0.1) is 41.1 Å². The van der Waals surface area contributed by atoms with Gasteiger partial charge in [-0.3, -0.25) is 9.10 Å². The summed E-state index contributed by atoms with van der Waals surface area (Å²) >= 11 is 6.43. The number of hydrogen-bond donors (Lipinski definition) is 1. The van der Waals surface area contributed by atoms with E-state index in [2.05, 4.69) is 10.2 Å². The Morgan fingerprint density at radius 1 is 1.07 bits per heavy atom. The van der Waals surface area contributed by atoms with Crippen molar-refractivity contribution in [1.82, 2.24) is 0 Å². The number of para-hydroxylation sites is 1. The fraction of sp³-hybridized carbons (Fsp3) is 0.350. The Hall–Kier alpha value is -2.29. The van der Waals surface area contributed by atoms with Crippen molar-refractivity contribution in [2.75, 3.05) is 53.1 Å². The van der Waals surface area contributed by atoms with Crippen molar-refractivity contribution in [3.8, 4) is 0 Å². The van der Waals surface area contributed by atoms with Crippen molar-refractivity contribution < 1.29 is 17.9 Å². The van der Waals surface area contributed by atoms with Gasteiger partial charge in [-0.05, 0) is 36.8 Å². The Balaban J connectivity index is 1.59. The summed E-state index contributed by atoms with van der Waals surface area (Å²) in [6, 6.07) is 12.1. The summed E-state index contributed by atoms with van der Waals surface area (Å²) in [6.45, 7) is 3.02. The van der Waals surface area contributed by atoms with Crippen LogP contribution in [0, 0.1) is 0 Å². The summed E-state index contributed by atoms with van der Waals surface area (Å²) in [6.07, 6.45) is 0.587. The number of carbonyl (C=O) groups is 1. The molecule has 154 valence electrons. The lowest BCUT2D eigenvalue weighted by Gasteiger charge is -2.31. The van der Waals surface area contributed by atoms with E-state index in [9.17, 15) is 13.2 Å². The standard InChI is InChI=1S/C20H22ClN3O4S/c21-17-6-2-7-18(19(17)23-9-11-28-12-10-23)22-20(25)15-4-1-5-16(14-15)24-8-3-13-29(24,26)27/h1-2,4-7,14H,3,8-13H2,(H,22,25). The minimum atomic E-state index is -3.30. The van der Waals surface area contributed by atoms with Gasteiger partial charge >= 0.3 is 0 Å². The van der Waals surface area contributed by atoms with Gasteiger partial charge in [-0.1, -0.05) is 23.7 Å². The zero-order chi connectivity index (χ0) is 20.4. The number of ether oxygens (including phenoxy) is 1. The SMILES string of the molecule is O=C(Nc1cccc(Cl)c1N1CCOCC1)c1cccc(N2CCCS2(=O)=O)c1. The second kappa shape index (κ2) is 8.22. The van der Waals surface area contributed by atoms with E-state index in [-0.39, 0.29) is 11.7 Å². The molecule has 29 heavy (non-hydrogen) atoms. The predicted octanol–water partition coefficient (Wildman–Crippen LogP) is 2.97. The second-order valence-electron chi connectivity index (χ2n) is 6.98. The molecule has 0 bridgehead atoms. The Morgan fingerprint density at radius 3 is 2.55 bits per heavy atom. The average Bonchev–Trinajstić information content (AvgIpc) is 3.08. The molecular weight excluding hydrogens is 414 g/mol. The maximum Gasteiger partial charge on any atom is 0.255 e. The van der Waals surface area contributed by atoms with Crippen LogP contribution >= 0.6 is 11.6 Å². The Labute approximate surface area is 175 Å². The molecule has 0 saturated carbocycles. The van der Waals surface area contributed by atoms with Crippen molar-refractivity contribution in [3.05, 3.63) is 53.1 Å². The van der Waals surface area contributed by atoms with Crippen molar-refractivity contribution >= 4 is 44.6 Å². The molecule has 9 heteroatoms. The number of anilines is 3. The topological polar surface area (TPSA) is 79.0 Å². The smallest absolute Gasteiger partial charge is 0.255 e. The minimum Gasteiger partial charge on any atom is -0.378 e. The fourth-order valence-corrected chi connectivity index (χ4v) is 5.50. The highest BCUT2D eigenvalue weighted by molar-refractivity contribution is 7.93. The van der Waals surface area contributed by atoms with Crippen LogP contribution in [0.3, 0.4) is 0 Å². The molecule has 7 nitrogen and oxygen atoms in total. The van der Waals surface area contributed by atoms with Gasteiger partial charge in [0.25, 0.3) is 5.91 Å². The Morgan fingerprint density at radius 2 is 1.83 bits per heavy atom. The van der Waals surface area contributed by atoms with Gasteiger partial charge in [-0.25, -0.2) is 8.42 Å². The van der Waals surface area contributed by atoms with Crippen LogP contribution in [-0.2, 0) is 14.8 Å². The molecule has 2 aliphatic rings. The first-order valence-electron chi connectivity index (χ1n) is 9.49. The van der Waals surface area contributed by atoms with E-state index < -0.39 is 10.0 Å². The summed E-state index contributed by atoms with van der Waals surface area (Å²) in [5.41, 5.74) is 2.28. The van der Waals surface area contributed by atoms with E-state index in [0.29, 0.717) is 61.2 Å². The van der Waals surface area contributed by atoms with Crippen molar-refractivity contribution in [2.45, 2.75) is 6.42 Å². The molecule has 1 amide bonds. The van der Waals surface area contributed by atoms with Crippen LogP contribution in [0.4, 0.5) is 17.1 Å². The first kappa shape index (κ1) is 20.0. The molecule has 2 aromatic rings. The van der Waals surface area contributed by atoms with Crippen LogP contribution < -0.4 is 14.5 Å². The highest BCUT2D eigenvalue weighted by Crippen LogP contribution is 2.35. The van der Waals surface area contributed by atoms with Gasteiger partial charge in [0.1, 0.15) is 0 Å². The Bertz CT molecular complexity index is 1020. The molecule has 1 N–H and O–H groups in total. The zero-order valence-corrected chi connectivity index (χ0v) is 17.4. The van der Waals surface area contributed by atoms with Gasteiger partial charge < -0.3 is 15.0 Å². The molecule has 0 aromatic heterocycles. The maximum atomic E-state index is 12.9. The minimum absolute atomic E-state index is 0.134. The summed E-state index contributed by atoms with van der Waals surface area (Å²) in [5, 5.41) is 3.49. The third kappa shape index (κ3) is 4.19. The third-order valence-corrected chi connectivity index (χ3v) is 7.23. The van der Waals surface area contributed by atoms with Gasteiger partial charge in [0.2, 0.25) is 10.0 Å². The van der Waals surface area contributed by atoms with E-state index in [1.165, 1.54) is 4.31 Å². The highest BCUT2D eigenvalue weighted by Gasteiger charge is 2.29.